The van der Waals surface area contributed by atoms with Crippen molar-refractivity contribution in [3.63, 3.8) is 0 Å². The average Bonchev–Trinajstić information content (AvgIpc) is 3.06. The number of nitrogens with one attached hydrogen (secondary N) is 1. The fourth-order valence-corrected chi connectivity index (χ4v) is 2.99. The summed E-state index contributed by atoms with van der Waals surface area (Å²) in [4.78, 5) is 7.18. The Balaban J connectivity index is 1.62. The molecule has 1 saturated heterocycles. The zero-order valence-electron chi connectivity index (χ0n) is 11.9. The molecule has 1 aromatic heterocycles. The number of nitrogens with zero attached hydrogens (tertiary/aromatic N) is 2. The molecule has 0 bridgehead atoms. The molecule has 2 heterocycles. The Kier molecular flexibility index (Phi) is 4.14. The number of aromatic nitrogens is 1. The van der Waals surface area contributed by atoms with Crippen molar-refractivity contribution in [2.24, 2.45) is 5.92 Å². The molecule has 1 aromatic rings. The van der Waals surface area contributed by atoms with E-state index in [0.717, 1.165) is 12.5 Å². The first-order valence-electron chi connectivity index (χ1n) is 7.67. The molecule has 19 heavy (non-hydrogen) atoms. The molecule has 104 valence electrons. The summed E-state index contributed by atoms with van der Waals surface area (Å²) in [6, 6.07) is 4.90. The van der Waals surface area contributed by atoms with Gasteiger partial charge in [0, 0.05) is 31.9 Å². The van der Waals surface area contributed by atoms with E-state index in [-0.39, 0.29) is 0 Å². The SMILES string of the molecule is Cc1cccnc1CN(CC1CC1)CC1CCCN1. The Morgan fingerprint density at radius 3 is 2.89 bits per heavy atom. The summed E-state index contributed by atoms with van der Waals surface area (Å²) in [5, 5.41) is 3.62. The summed E-state index contributed by atoms with van der Waals surface area (Å²) >= 11 is 0. The molecule has 1 N–H and O–H groups in total. The van der Waals surface area contributed by atoms with E-state index in [1.54, 1.807) is 0 Å². The zero-order valence-corrected chi connectivity index (χ0v) is 11.9. The lowest BCUT2D eigenvalue weighted by atomic mass is 10.1. The van der Waals surface area contributed by atoms with E-state index in [0.29, 0.717) is 6.04 Å². The van der Waals surface area contributed by atoms with Crippen molar-refractivity contribution < 1.29 is 0 Å². The Labute approximate surface area is 116 Å². The normalized spacial score (nSPS) is 23.2. The molecule has 0 radical (unpaired) electrons. The van der Waals surface area contributed by atoms with E-state index >= 15 is 0 Å². The van der Waals surface area contributed by atoms with Crippen LogP contribution in [0.4, 0.5) is 0 Å². The Hall–Kier alpha value is -0.930. The van der Waals surface area contributed by atoms with Crippen LogP contribution in [0, 0.1) is 12.8 Å². The summed E-state index contributed by atoms with van der Waals surface area (Å²) in [6.07, 6.45) is 7.45. The lowest BCUT2D eigenvalue weighted by Crippen LogP contribution is -2.38. The largest absolute Gasteiger partial charge is 0.313 e. The Morgan fingerprint density at radius 2 is 2.21 bits per heavy atom. The number of hydrogen-bond acceptors (Lipinski definition) is 3. The van der Waals surface area contributed by atoms with Gasteiger partial charge in [-0.15, -0.1) is 0 Å². The highest BCUT2D eigenvalue weighted by atomic mass is 15.2. The van der Waals surface area contributed by atoms with E-state index in [1.807, 2.05) is 12.3 Å². The monoisotopic (exact) mass is 259 g/mol. The van der Waals surface area contributed by atoms with Crippen molar-refractivity contribution in [3.8, 4) is 0 Å². The summed E-state index contributed by atoms with van der Waals surface area (Å²) in [6.45, 7) is 6.83. The average molecular weight is 259 g/mol. The molecule has 3 nitrogen and oxygen atoms in total. The quantitative estimate of drug-likeness (QED) is 0.850. The van der Waals surface area contributed by atoms with E-state index in [9.17, 15) is 0 Å². The van der Waals surface area contributed by atoms with Gasteiger partial charge in [-0.1, -0.05) is 6.07 Å². The molecule has 0 amide bonds. The van der Waals surface area contributed by atoms with Gasteiger partial charge >= 0.3 is 0 Å². The third kappa shape index (κ3) is 3.77. The van der Waals surface area contributed by atoms with E-state index in [1.165, 1.54) is 56.6 Å². The van der Waals surface area contributed by atoms with Gasteiger partial charge in [-0.25, -0.2) is 0 Å². The zero-order chi connectivity index (χ0) is 13.1. The molecule has 1 aliphatic carbocycles. The summed E-state index contributed by atoms with van der Waals surface area (Å²) in [7, 11) is 0. The van der Waals surface area contributed by atoms with Gasteiger partial charge in [0.25, 0.3) is 0 Å². The molecular formula is C16H25N3. The van der Waals surface area contributed by atoms with Crippen LogP contribution in [0.3, 0.4) is 0 Å². The standard InChI is InChI=1S/C16H25N3/c1-13-4-2-9-18-16(13)12-19(10-14-6-7-14)11-15-5-3-8-17-15/h2,4,9,14-15,17H,3,5-8,10-12H2,1H3. The molecule has 2 aliphatic rings. The molecule has 3 rings (SSSR count). The first-order chi connectivity index (χ1) is 9.31. The first kappa shape index (κ1) is 13.1. The lowest BCUT2D eigenvalue weighted by Gasteiger charge is -2.25. The van der Waals surface area contributed by atoms with Gasteiger partial charge in [0.1, 0.15) is 0 Å². The van der Waals surface area contributed by atoms with Crippen LogP contribution >= 0.6 is 0 Å². The van der Waals surface area contributed by atoms with Crippen LogP contribution in [0.1, 0.15) is 36.9 Å². The number of aryl methyl sites for hydroxylation is 1. The minimum Gasteiger partial charge on any atom is -0.313 e. The number of hydrogen-bond donors (Lipinski definition) is 1. The van der Waals surface area contributed by atoms with Crippen molar-refractivity contribution >= 4 is 0 Å². The van der Waals surface area contributed by atoms with Crippen LogP contribution in [0.5, 0.6) is 0 Å². The predicted molar refractivity (Wildman–Crippen MR) is 78.0 cm³/mol. The lowest BCUT2D eigenvalue weighted by molar-refractivity contribution is 0.229. The Bertz CT molecular complexity index is 408. The van der Waals surface area contributed by atoms with Crippen LogP contribution in [0.25, 0.3) is 0 Å². The van der Waals surface area contributed by atoms with Crippen molar-refractivity contribution in [1.82, 2.24) is 15.2 Å². The van der Waals surface area contributed by atoms with Crippen molar-refractivity contribution in [3.05, 3.63) is 29.6 Å². The maximum atomic E-state index is 4.56. The molecule has 1 atom stereocenters. The molecule has 2 fully saturated rings. The van der Waals surface area contributed by atoms with Gasteiger partial charge in [-0.2, -0.15) is 0 Å². The molecule has 0 spiro atoms. The van der Waals surface area contributed by atoms with Crippen molar-refractivity contribution in [2.75, 3.05) is 19.6 Å². The Morgan fingerprint density at radius 1 is 1.32 bits per heavy atom. The molecule has 1 unspecified atom stereocenters. The number of rotatable bonds is 6. The fraction of sp³-hybridized carbons (Fsp3) is 0.688. The summed E-state index contributed by atoms with van der Waals surface area (Å²) in [5.41, 5.74) is 2.57. The second kappa shape index (κ2) is 6.02. The van der Waals surface area contributed by atoms with Crippen LogP contribution in [-0.4, -0.2) is 35.6 Å². The van der Waals surface area contributed by atoms with Crippen LogP contribution in [0.2, 0.25) is 0 Å². The van der Waals surface area contributed by atoms with Crippen LogP contribution in [0.15, 0.2) is 18.3 Å². The number of pyridine rings is 1. The first-order valence-corrected chi connectivity index (χ1v) is 7.67. The molecule has 1 saturated carbocycles. The van der Waals surface area contributed by atoms with Crippen LogP contribution < -0.4 is 5.32 Å². The minimum atomic E-state index is 0.697. The maximum Gasteiger partial charge on any atom is 0.0573 e. The topological polar surface area (TPSA) is 28.2 Å². The molecule has 1 aliphatic heterocycles. The third-order valence-electron chi connectivity index (χ3n) is 4.35. The molecule has 3 heteroatoms. The summed E-state index contributed by atoms with van der Waals surface area (Å²) in [5.74, 6) is 0.949. The smallest absolute Gasteiger partial charge is 0.0573 e. The van der Waals surface area contributed by atoms with Gasteiger partial charge in [-0.05, 0) is 56.7 Å². The predicted octanol–water partition coefficient (Wildman–Crippen LogP) is 2.35. The van der Waals surface area contributed by atoms with Crippen LogP contribution in [-0.2, 0) is 6.54 Å². The van der Waals surface area contributed by atoms with Crippen molar-refractivity contribution in [2.45, 2.75) is 45.2 Å². The van der Waals surface area contributed by atoms with E-state index in [4.69, 9.17) is 0 Å². The van der Waals surface area contributed by atoms with E-state index < -0.39 is 0 Å². The van der Waals surface area contributed by atoms with Gasteiger partial charge in [0.15, 0.2) is 0 Å². The van der Waals surface area contributed by atoms with Crippen molar-refractivity contribution in [1.29, 1.82) is 0 Å². The fourth-order valence-electron chi connectivity index (χ4n) is 2.99. The summed E-state index contributed by atoms with van der Waals surface area (Å²) < 4.78 is 0. The highest BCUT2D eigenvalue weighted by molar-refractivity contribution is 5.17. The highest BCUT2D eigenvalue weighted by Crippen LogP contribution is 2.30. The maximum absolute atomic E-state index is 4.56. The molecule has 0 aromatic carbocycles. The second-order valence-corrected chi connectivity index (χ2v) is 6.20. The molecular weight excluding hydrogens is 234 g/mol. The van der Waals surface area contributed by atoms with Gasteiger partial charge in [0.2, 0.25) is 0 Å². The highest BCUT2D eigenvalue weighted by Gasteiger charge is 2.26. The minimum absolute atomic E-state index is 0.697. The van der Waals surface area contributed by atoms with E-state index in [2.05, 4.69) is 28.2 Å². The van der Waals surface area contributed by atoms with Gasteiger partial charge in [0.05, 0.1) is 5.69 Å². The third-order valence-corrected chi connectivity index (χ3v) is 4.35. The second-order valence-electron chi connectivity index (χ2n) is 6.20. The van der Waals surface area contributed by atoms with Gasteiger partial charge in [-0.3, -0.25) is 9.88 Å². The van der Waals surface area contributed by atoms with Gasteiger partial charge < -0.3 is 5.32 Å².